The van der Waals surface area contributed by atoms with E-state index in [2.05, 4.69) is 165 Å². The summed E-state index contributed by atoms with van der Waals surface area (Å²) < 4.78 is 81.2. The number of unbranched alkanes of at least 4 members (excludes halogenated alkanes) is 18. The molecule has 0 aliphatic heterocycles. The Balaban J connectivity index is -0.000000193. The van der Waals surface area contributed by atoms with Crippen LogP contribution in [0.15, 0.2) is 0 Å². The van der Waals surface area contributed by atoms with Gasteiger partial charge in [-0.1, -0.05) is 240 Å². The molecule has 0 aromatic heterocycles. The van der Waals surface area contributed by atoms with Gasteiger partial charge in [0.2, 0.25) is 0 Å². The van der Waals surface area contributed by atoms with Gasteiger partial charge in [0.25, 0.3) is 0 Å². The average molecular weight is 1500 g/mol. The molecule has 0 unspecified atom stereocenters. The molecule has 0 spiro atoms. The monoisotopic (exact) mass is 1500 g/mol. The SMILES string of the molecule is CCCC[P+](C)(CCCC)CCCC.CCCC[P+](C)(CCCC)CCCC.CCCC[P+](C)(CCCC)CCCC.CCCC[P+](C)(CCCC)CCCC.CCCC[P+](C)(CCCC)CCCC.CCCC[P+](C)(CCCC)CCCC.N#C[BH5-6](F)(F)C(F)(F)C(F)(F)F. The molecule has 15 heteroatoms. The number of alkyl halides is 5. The van der Waals surface area contributed by atoms with E-state index in [9.17, 15) is 30.6 Å². The summed E-state index contributed by atoms with van der Waals surface area (Å²) in [7, 11) is -3.11. The van der Waals surface area contributed by atoms with Crippen molar-refractivity contribution in [1.29, 1.82) is 5.26 Å². The van der Waals surface area contributed by atoms with Gasteiger partial charge in [-0.3, -0.25) is 0 Å². The Labute approximate surface area is 607 Å². The second-order valence-electron chi connectivity index (χ2n) is 29.9. The molecule has 0 bridgehead atoms. The first-order valence-corrected chi connectivity index (χ1v) is 57.3. The zero-order valence-corrected chi connectivity index (χ0v) is 74.8. The number of rotatable bonds is 55. The topological polar surface area (TPSA) is 23.8 Å². The van der Waals surface area contributed by atoms with Gasteiger partial charge < -0.3 is 0 Å². The number of hydrogen-bond donors (Lipinski definition) is 0. The van der Waals surface area contributed by atoms with Gasteiger partial charge in [0.15, 0.2) is 0 Å². The predicted molar refractivity (Wildman–Crippen MR) is 465 cm³/mol. The molecule has 0 aromatic rings. The maximum atomic E-state index is 12.0. The van der Waals surface area contributed by atoms with Crippen molar-refractivity contribution >= 4 is 50.3 Å². The third-order valence-electron chi connectivity index (χ3n) is 19.1. The van der Waals surface area contributed by atoms with E-state index in [0.717, 1.165) is 0 Å². The molecule has 0 fully saturated rings. The third kappa shape index (κ3) is 67.5. The van der Waals surface area contributed by atoms with Gasteiger partial charge in [0.05, 0.1) is 111 Å². The third-order valence-corrected chi connectivity index (χ3v) is 44.3. The summed E-state index contributed by atoms with van der Waals surface area (Å²) in [5.41, 5.74) is 0. The molecule has 0 amide bonds. The average Bonchev–Trinajstić information content (AvgIpc) is 0.786. The van der Waals surface area contributed by atoms with Crippen molar-refractivity contribution in [3.63, 3.8) is 0 Å². The Morgan fingerprint density at radius 2 is 0.302 bits per heavy atom. The van der Waals surface area contributed by atoms with Crippen molar-refractivity contribution in [2.45, 2.75) is 368 Å². The Bertz CT molecular complexity index is 1240. The van der Waals surface area contributed by atoms with Crippen molar-refractivity contribution in [2.75, 3.05) is 151 Å². The van der Waals surface area contributed by atoms with E-state index in [0.29, 0.717) is 0 Å². The first kappa shape index (κ1) is 111. The van der Waals surface area contributed by atoms with Crippen LogP contribution in [0, 0.1) is 11.2 Å². The molecule has 0 radical (unpaired) electrons. The van der Waals surface area contributed by atoms with Crippen molar-refractivity contribution in [1.82, 2.24) is 0 Å². The quantitative estimate of drug-likeness (QED) is 0.0338. The summed E-state index contributed by atoms with van der Waals surface area (Å²) in [6.45, 7) is 47.9. The normalized spacial score (nSPS) is 12.4. The first-order chi connectivity index (χ1) is 45.2. The van der Waals surface area contributed by atoms with Crippen LogP contribution < -0.4 is 0 Å². The van der Waals surface area contributed by atoms with Gasteiger partial charge >= 0.3 is 60.5 Å². The minimum absolute atomic E-state index is 0.0402. The fourth-order valence-electron chi connectivity index (χ4n) is 11.7. The van der Waals surface area contributed by atoms with Crippen LogP contribution in [0.3, 0.4) is 0 Å². The molecule has 0 aliphatic rings. The van der Waals surface area contributed by atoms with E-state index < -0.39 is 62.3 Å². The van der Waals surface area contributed by atoms with Crippen LogP contribution in [0.2, 0.25) is 0 Å². The van der Waals surface area contributed by atoms with E-state index in [1.807, 2.05) is 0 Å². The molecule has 0 saturated carbocycles. The molecule has 0 rings (SSSR count). The van der Waals surface area contributed by atoms with Crippen LogP contribution in [0.4, 0.5) is 30.6 Å². The van der Waals surface area contributed by atoms with E-state index in [1.165, 1.54) is 231 Å². The number of hydrogen-bond acceptors (Lipinski definition) is 1. The van der Waals surface area contributed by atoms with Crippen LogP contribution >= 0.6 is 43.6 Å². The summed E-state index contributed by atoms with van der Waals surface area (Å²) in [5, 5.41) is 7.48. The molecule has 96 heavy (non-hydrogen) atoms. The molecule has 0 atom stereocenters. The van der Waals surface area contributed by atoms with Crippen LogP contribution in [0.25, 0.3) is 0 Å². The van der Waals surface area contributed by atoms with Gasteiger partial charge in [-0.2, -0.15) is 0 Å². The zero-order valence-electron chi connectivity index (χ0n) is 69.5. The predicted octanol–water partition coefficient (Wildman–Crippen LogP) is 31.0. The van der Waals surface area contributed by atoms with E-state index in [-0.39, 0.29) is 5.97 Å². The Morgan fingerprint density at radius 1 is 0.219 bits per heavy atom. The molecule has 0 aliphatic carbocycles. The minimum atomic E-state index is -9.68. The Morgan fingerprint density at radius 3 is 0.344 bits per heavy atom. The van der Waals surface area contributed by atoms with E-state index >= 15 is 0 Å². The van der Waals surface area contributed by atoms with Gasteiger partial charge in [0, 0.05) is 83.6 Å². The maximum absolute atomic E-state index is 12.0. The van der Waals surface area contributed by atoms with Crippen LogP contribution in [-0.2, 0) is 0 Å². The van der Waals surface area contributed by atoms with Crippen molar-refractivity contribution in [3.05, 3.63) is 0 Å². The van der Waals surface area contributed by atoms with Gasteiger partial charge in [-0.25, -0.2) is 0 Å². The van der Waals surface area contributed by atoms with E-state index in [1.54, 1.807) is 111 Å². The standard InChI is InChI=1S/6C13H30P.C3H5BF7N/c6*1-5-8-11-14(4,12-9-6-2)13-10-7-3;5-2(6,3(7,8)9)4(10,11)1-12/h6*5-13H2,1-4H3;4H5/q6*+1;-6. The fourth-order valence-corrected chi connectivity index (χ4v) is 35.2. The van der Waals surface area contributed by atoms with E-state index in [4.69, 9.17) is 5.26 Å². The fraction of sp³-hybridized carbons (Fsp3) is 0.988. The second kappa shape index (κ2) is 72.2. The second-order valence-corrected chi connectivity index (χ2v) is 57.3. The van der Waals surface area contributed by atoms with Crippen molar-refractivity contribution < 1.29 is 30.6 Å². The van der Waals surface area contributed by atoms with Crippen molar-refractivity contribution in [2.24, 2.45) is 0 Å². The van der Waals surface area contributed by atoms with Crippen LogP contribution in [-0.4, -0.2) is 170 Å². The Kier molecular flexibility index (Phi) is 83.5. The van der Waals surface area contributed by atoms with Gasteiger partial charge in [-0.05, 0) is 116 Å². The molecule has 0 heterocycles. The molecule has 0 aromatic carbocycles. The summed E-state index contributed by atoms with van der Waals surface area (Å²) in [5.74, 6) is -5.98. The molecular weight excluding hydrogens is 1320 g/mol. The summed E-state index contributed by atoms with van der Waals surface area (Å²) >= 11 is 0. The molecule has 0 N–H and O–H groups in total. The molecular formula is C81H185BF7NP6. The first-order valence-electron chi connectivity index (χ1n) is 40.5. The summed E-state index contributed by atoms with van der Waals surface area (Å²) in [6, 6.07) is 0. The molecule has 1 nitrogen and oxygen atoms in total. The van der Waals surface area contributed by atoms with Gasteiger partial charge in [-0.15, -0.1) is 0 Å². The summed E-state index contributed by atoms with van der Waals surface area (Å²) in [6.07, 6.45) is 73.2. The van der Waals surface area contributed by atoms with Gasteiger partial charge in [0.1, 0.15) is 0 Å². The number of nitriles is 1. The zero-order chi connectivity index (χ0) is 75.4. The van der Waals surface area contributed by atoms with Crippen molar-refractivity contribution in [3.8, 4) is 5.97 Å². The number of halogens is 7. The molecule has 596 valence electrons. The Hall–Kier alpha value is 1.64. The van der Waals surface area contributed by atoms with Crippen LogP contribution in [0.5, 0.6) is 0 Å². The molecule has 0 saturated heterocycles. The van der Waals surface area contributed by atoms with Crippen LogP contribution in [0.1, 0.15) is 356 Å². The number of nitrogens with zero attached hydrogens (tertiary/aromatic N) is 1. The summed E-state index contributed by atoms with van der Waals surface area (Å²) in [4.78, 5) is 0.